The molecule has 5 rings (SSSR count). The van der Waals surface area contributed by atoms with E-state index in [9.17, 15) is 4.79 Å². The Balaban J connectivity index is 1.40. The first-order chi connectivity index (χ1) is 20.8. The van der Waals surface area contributed by atoms with Gasteiger partial charge in [0.15, 0.2) is 0 Å². The number of hydrogen-bond acceptors (Lipinski definition) is 5. The summed E-state index contributed by atoms with van der Waals surface area (Å²) < 4.78 is 28.1. The molecule has 6 nitrogen and oxygen atoms in total. The van der Waals surface area contributed by atoms with Gasteiger partial charge in [-0.15, -0.1) is 0 Å². The Bertz CT molecular complexity index is 1260. The van der Waals surface area contributed by atoms with Crippen LogP contribution in [0.4, 0.5) is 4.39 Å². The Morgan fingerprint density at radius 2 is 1.86 bits per heavy atom. The summed E-state index contributed by atoms with van der Waals surface area (Å²) in [5, 5.41) is 3.31. The SMILES string of the molecule is CCC/C=C(/NC(=O)C1=C(C)N(C)CCC1)N1CCC(C(C)=C2CC2)(c2c(F)cc(OC3CCOCC3)cc2CC)CC1. The van der Waals surface area contributed by atoms with Crippen molar-refractivity contribution in [1.29, 1.82) is 0 Å². The number of allylic oxidation sites excluding steroid dienone is 4. The molecule has 7 heteroatoms. The maximum atomic E-state index is 16.4. The van der Waals surface area contributed by atoms with E-state index in [1.54, 1.807) is 6.07 Å². The van der Waals surface area contributed by atoms with Gasteiger partial charge in [-0.2, -0.15) is 0 Å². The Kier molecular flexibility index (Phi) is 10.2. The lowest BCUT2D eigenvalue weighted by Gasteiger charge is -2.45. The molecule has 1 saturated carbocycles. The number of halogens is 1. The standard InChI is InChI=1S/C36H52FN3O3/c1-6-8-11-33(38-35(41)31-10-9-18-39(5)26(31)4)40-19-16-36(17-20-40,25(3)28-12-13-28)34-27(7-2)23-30(24-32(34)37)43-29-14-21-42-22-15-29/h11,23-24,29H,6-10,12-22H2,1-5H3,(H,38,41)/b33-11-. The number of piperidine rings is 1. The number of benzene rings is 1. The van der Waals surface area contributed by atoms with Crippen LogP contribution in [0.25, 0.3) is 0 Å². The predicted octanol–water partition coefficient (Wildman–Crippen LogP) is 7.15. The molecule has 0 unspecified atom stereocenters. The van der Waals surface area contributed by atoms with Crippen molar-refractivity contribution < 1.29 is 18.7 Å². The van der Waals surface area contributed by atoms with Crippen molar-refractivity contribution in [2.24, 2.45) is 0 Å². The lowest BCUT2D eigenvalue weighted by Crippen LogP contribution is -2.47. The Hall–Kier alpha value is -2.80. The monoisotopic (exact) mass is 593 g/mol. The Morgan fingerprint density at radius 3 is 2.51 bits per heavy atom. The number of likely N-dealkylation sites (tertiary alicyclic amines) is 1. The van der Waals surface area contributed by atoms with E-state index in [-0.39, 0.29) is 23.2 Å². The molecule has 1 aromatic carbocycles. The zero-order valence-corrected chi connectivity index (χ0v) is 27.1. The number of nitrogens with zero attached hydrogens (tertiary/aromatic N) is 2. The summed E-state index contributed by atoms with van der Waals surface area (Å²) in [5.74, 6) is 1.41. The maximum absolute atomic E-state index is 16.4. The second kappa shape index (κ2) is 13.9. The van der Waals surface area contributed by atoms with Crippen molar-refractivity contribution >= 4 is 5.91 Å². The number of carbonyl (C=O) groups excluding carboxylic acids is 1. The topological polar surface area (TPSA) is 54.0 Å². The smallest absolute Gasteiger partial charge is 0.254 e. The molecule has 236 valence electrons. The average Bonchev–Trinajstić information content (AvgIpc) is 3.86. The molecule has 1 aliphatic carbocycles. The van der Waals surface area contributed by atoms with E-state index in [1.165, 1.54) is 11.1 Å². The van der Waals surface area contributed by atoms with Gasteiger partial charge in [-0.1, -0.05) is 31.4 Å². The number of nitrogens with one attached hydrogen (secondary N) is 1. The van der Waals surface area contributed by atoms with Crippen molar-refractivity contribution in [2.45, 2.75) is 110 Å². The Labute approximate surface area is 258 Å². The van der Waals surface area contributed by atoms with Crippen molar-refractivity contribution in [3.63, 3.8) is 0 Å². The minimum atomic E-state index is -0.347. The van der Waals surface area contributed by atoms with Crippen LogP contribution in [0.5, 0.6) is 5.75 Å². The van der Waals surface area contributed by atoms with Crippen LogP contribution in [0, 0.1) is 5.82 Å². The second-order valence-corrected chi connectivity index (χ2v) is 12.9. The zero-order valence-electron chi connectivity index (χ0n) is 27.1. The van der Waals surface area contributed by atoms with Gasteiger partial charge < -0.3 is 24.6 Å². The minimum Gasteiger partial charge on any atom is -0.490 e. The first kappa shape index (κ1) is 31.6. The summed E-state index contributed by atoms with van der Waals surface area (Å²) in [6.45, 7) is 12.5. The number of carbonyl (C=O) groups is 1. The zero-order chi connectivity index (χ0) is 30.6. The van der Waals surface area contributed by atoms with Gasteiger partial charge in [0.25, 0.3) is 5.91 Å². The van der Waals surface area contributed by atoms with Crippen molar-refractivity contribution in [3.8, 4) is 5.75 Å². The van der Waals surface area contributed by atoms with E-state index in [4.69, 9.17) is 9.47 Å². The molecule has 43 heavy (non-hydrogen) atoms. The summed E-state index contributed by atoms with van der Waals surface area (Å²) in [6, 6.07) is 3.73. The molecule has 0 spiro atoms. The number of unbranched alkanes of at least 4 members (excludes halogenated alkanes) is 1. The number of rotatable bonds is 10. The van der Waals surface area contributed by atoms with Crippen LogP contribution in [0.1, 0.15) is 103 Å². The van der Waals surface area contributed by atoms with Gasteiger partial charge >= 0.3 is 0 Å². The molecule has 1 amide bonds. The summed E-state index contributed by atoms with van der Waals surface area (Å²) in [5.41, 5.74) is 6.35. The third-order valence-electron chi connectivity index (χ3n) is 10.3. The van der Waals surface area contributed by atoms with Gasteiger partial charge in [0.1, 0.15) is 23.5 Å². The molecule has 0 aromatic heterocycles. The second-order valence-electron chi connectivity index (χ2n) is 12.9. The van der Waals surface area contributed by atoms with E-state index in [2.05, 4.69) is 55.1 Å². The van der Waals surface area contributed by atoms with Crippen LogP contribution in [0.15, 0.2) is 46.4 Å². The highest BCUT2D eigenvalue weighted by molar-refractivity contribution is 5.95. The fourth-order valence-electron chi connectivity index (χ4n) is 7.30. The molecular weight excluding hydrogens is 541 g/mol. The lowest BCUT2D eigenvalue weighted by molar-refractivity contribution is -0.117. The van der Waals surface area contributed by atoms with Crippen molar-refractivity contribution in [1.82, 2.24) is 15.1 Å². The largest absolute Gasteiger partial charge is 0.490 e. The first-order valence-corrected chi connectivity index (χ1v) is 16.7. The summed E-state index contributed by atoms with van der Waals surface area (Å²) in [6.07, 6.45) is 12.3. The van der Waals surface area contributed by atoms with Crippen LogP contribution in [0.3, 0.4) is 0 Å². The van der Waals surface area contributed by atoms with E-state index >= 15 is 4.39 Å². The lowest BCUT2D eigenvalue weighted by atomic mass is 9.65. The summed E-state index contributed by atoms with van der Waals surface area (Å²) in [4.78, 5) is 18.0. The highest BCUT2D eigenvalue weighted by atomic mass is 19.1. The highest BCUT2D eigenvalue weighted by Gasteiger charge is 2.44. The average molecular weight is 594 g/mol. The first-order valence-electron chi connectivity index (χ1n) is 16.7. The molecule has 3 aliphatic heterocycles. The van der Waals surface area contributed by atoms with E-state index in [1.807, 2.05) is 6.92 Å². The summed E-state index contributed by atoms with van der Waals surface area (Å²) >= 11 is 0. The van der Waals surface area contributed by atoms with Gasteiger partial charge in [0.2, 0.25) is 0 Å². The molecule has 2 saturated heterocycles. The molecule has 0 bridgehead atoms. The van der Waals surface area contributed by atoms with Gasteiger partial charge in [-0.25, -0.2) is 4.39 Å². The highest BCUT2D eigenvalue weighted by Crippen LogP contribution is 2.50. The molecule has 3 fully saturated rings. The van der Waals surface area contributed by atoms with Crippen molar-refractivity contribution in [3.05, 3.63) is 63.4 Å². The van der Waals surface area contributed by atoms with Gasteiger partial charge in [0, 0.05) is 67.8 Å². The van der Waals surface area contributed by atoms with E-state index in [0.717, 1.165) is 118 Å². The van der Waals surface area contributed by atoms with Gasteiger partial charge in [-0.05, 0) is 82.9 Å². The van der Waals surface area contributed by atoms with Crippen LogP contribution in [-0.4, -0.2) is 61.7 Å². The number of ether oxygens (including phenoxy) is 2. The quantitative estimate of drug-likeness (QED) is 0.292. The van der Waals surface area contributed by atoms with Crippen LogP contribution >= 0.6 is 0 Å². The third-order valence-corrected chi connectivity index (χ3v) is 10.3. The molecule has 3 heterocycles. The molecule has 4 aliphatic rings. The van der Waals surface area contributed by atoms with Crippen LogP contribution < -0.4 is 10.1 Å². The molecular formula is C36H52FN3O3. The molecule has 0 radical (unpaired) electrons. The van der Waals surface area contributed by atoms with E-state index < -0.39 is 0 Å². The van der Waals surface area contributed by atoms with Crippen LogP contribution in [-0.2, 0) is 21.4 Å². The fraction of sp³-hybridized carbons (Fsp3) is 0.639. The predicted molar refractivity (Wildman–Crippen MR) is 170 cm³/mol. The number of amides is 1. The molecule has 1 N–H and O–H groups in total. The number of hydrogen-bond donors (Lipinski definition) is 1. The summed E-state index contributed by atoms with van der Waals surface area (Å²) in [7, 11) is 2.06. The van der Waals surface area contributed by atoms with E-state index in [0.29, 0.717) is 19.0 Å². The normalized spacial score (nSPS) is 21.3. The van der Waals surface area contributed by atoms with Crippen LogP contribution in [0.2, 0.25) is 0 Å². The number of aryl methyl sites for hydroxylation is 1. The van der Waals surface area contributed by atoms with Gasteiger partial charge in [-0.3, -0.25) is 4.79 Å². The third kappa shape index (κ3) is 6.97. The van der Waals surface area contributed by atoms with Crippen molar-refractivity contribution in [2.75, 3.05) is 39.9 Å². The maximum Gasteiger partial charge on any atom is 0.254 e. The fourth-order valence-corrected chi connectivity index (χ4v) is 7.30. The minimum absolute atomic E-state index is 0.0129. The molecule has 1 aromatic rings. The Morgan fingerprint density at radius 1 is 1.14 bits per heavy atom. The van der Waals surface area contributed by atoms with Gasteiger partial charge in [0.05, 0.1) is 13.2 Å². The molecule has 0 atom stereocenters.